The Morgan fingerprint density at radius 3 is 2.89 bits per heavy atom. The summed E-state index contributed by atoms with van der Waals surface area (Å²) in [4.78, 5) is 17.2. The number of carbonyl (C=O) groups excluding carboxylic acids is 1. The molecule has 1 fully saturated rings. The molecule has 2 aliphatic rings. The molecule has 0 spiro atoms. The zero-order chi connectivity index (χ0) is 19.1. The number of pyridine rings is 1. The van der Waals surface area contributed by atoms with Gasteiger partial charge in [0.2, 0.25) is 0 Å². The second kappa shape index (κ2) is 7.03. The minimum atomic E-state index is -2.20. The van der Waals surface area contributed by atoms with Gasteiger partial charge in [-0.15, -0.1) is 10.6 Å². The van der Waals surface area contributed by atoms with Gasteiger partial charge >= 0.3 is 6.03 Å². The molecule has 27 heavy (non-hydrogen) atoms. The number of urea groups is 1. The largest absolute Gasteiger partial charge is 0.438 e. The van der Waals surface area contributed by atoms with E-state index in [-0.39, 0.29) is 5.03 Å². The summed E-state index contributed by atoms with van der Waals surface area (Å²) in [5.74, 6) is -0.270. The SMILES string of the molecule is CCn1cc(F)c([S-](=O)=NC(=O)Nc2c(C)c(C3CC3)nc3c2CCC3)n1. The number of hydrogen-bond acceptors (Lipinski definition) is 5. The van der Waals surface area contributed by atoms with Crippen molar-refractivity contribution in [2.75, 3.05) is 5.32 Å². The van der Waals surface area contributed by atoms with Crippen LogP contribution < -0.4 is 5.32 Å². The number of aryl methyl sites for hydroxylation is 2. The Bertz CT molecular complexity index is 1010. The van der Waals surface area contributed by atoms with Crippen LogP contribution in [0.25, 0.3) is 0 Å². The molecule has 2 aliphatic carbocycles. The number of halogens is 1. The van der Waals surface area contributed by atoms with Crippen LogP contribution >= 0.6 is 0 Å². The normalized spacial score (nSPS) is 17.1. The fourth-order valence-corrected chi connectivity index (χ4v) is 4.21. The van der Waals surface area contributed by atoms with E-state index in [2.05, 4.69) is 14.8 Å². The molecule has 0 atom stereocenters. The van der Waals surface area contributed by atoms with E-state index in [0.29, 0.717) is 12.5 Å². The van der Waals surface area contributed by atoms with Crippen LogP contribution in [0.3, 0.4) is 0 Å². The zero-order valence-corrected chi connectivity index (χ0v) is 16.1. The van der Waals surface area contributed by atoms with Crippen molar-refractivity contribution in [3.05, 3.63) is 34.5 Å². The molecule has 7 nitrogen and oxygen atoms in total. The average molecular weight is 390 g/mol. The Labute approximate surface area is 158 Å². The van der Waals surface area contributed by atoms with Crippen LogP contribution in [-0.2, 0) is 34.2 Å². The lowest BCUT2D eigenvalue weighted by atomic mass is 10.0. The predicted octanol–water partition coefficient (Wildman–Crippen LogP) is 3.85. The molecule has 2 aromatic rings. The van der Waals surface area contributed by atoms with Crippen molar-refractivity contribution in [2.45, 2.75) is 63.4 Å². The summed E-state index contributed by atoms with van der Waals surface area (Å²) in [6.45, 7) is 4.17. The highest BCUT2D eigenvalue weighted by molar-refractivity contribution is 7.75. The molecule has 0 saturated heterocycles. The highest BCUT2D eigenvalue weighted by Crippen LogP contribution is 2.44. The molecular formula is C18H21FN5O2S-. The molecule has 2 aromatic heterocycles. The quantitative estimate of drug-likeness (QED) is 0.803. The van der Waals surface area contributed by atoms with Crippen LogP contribution in [0.4, 0.5) is 14.9 Å². The lowest BCUT2D eigenvalue weighted by Crippen LogP contribution is -2.13. The van der Waals surface area contributed by atoms with Crippen LogP contribution in [-0.4, -0.2) is 20.8 Å². The summed E-state index contributed by atoms with van der Waals surface area (Å²) in [7, 11) is -2.20. The van der Waals surface area contributed by atoms with Gasteiger partial charge in [-0.2, -0.15) is 5.10 Å². The molecule has 0 bridgehead atoms. The van der Waals surface area contributed by atoms with Crippen LogP contribution in [0.15, 0.2) is 15.6 Å². The van der Waals surface area contributed by atoms with Gasteiger partial charge in [0, 0.05) is 28.9 Å². The minimum absolute atomic E-state index is 0.331. The first-order valence-electron chi connectivity index (χ1n) is 9.17. The number of fused-ring (bicyclic) bond motifs is 1. The van der Waals surface area contributed by atoms with Crippen molar-refractivity contribution >= 4 is 22.3 Å². The Kier molecular flexibility index (Phi) is 4.71. The highest BCUT2D eigenvalue weighted by Gasteiger charge is 2.31. The molecule has 2 heterocycles. The maximum Gasteiger partial charge on any atom is 0.322 e. The summed E-state index contributed by atoms with van der Waals surface area (Å²) in [6, 6.07) is -0.760. The second-order valence-corrected chi connectivity index (χ2v) is 8.03. The molecule has 4 rings (SSSR count). The van der Waals surface area contributed by atoms with Crippen molar-refractivity contribution in [1.82, 2.24) is 14.8 Å². The van der Waals surface area contributed by atoms with Gasteiger partial charge in [-0.25, -0.2) is 9.18 Å². The molecule has 1 saturated carbocycles. The summed E-state index contributed by atoms with van der Waals surface area (Å²) < 4.78 is 31.0. The smallest absolute Gasteiger partial charge is 0.322 e. The molecule has 0 radical (unpaired) electrons. The monoisotopic (exact) mass is 390 g/mol. The Balaban J connectivity index is 1.63. The number of amides is 2. The van der Waals surface area contributed by atoms with Gasteiger partial charge in [-0.3, -0.25) is 9.67 Å². The van der Waals surface area contributed by atoms with Crippen LogP contribution in [0.2, 0.25) is 0 Å². The molecular weight excluding hydrogens is 369 g/mol. The van der Waals surface area contributed by atoms with Gasteiger partial charge in [0.15, 0.2) is 0 Å². The van der Waals surface area contributed by atoms with Gasteiger partial charge in [0.25, 0.3) is 0 Å². The first kappa shape index (κ1) is 18.1. The molecule has 9 heteroatoms. The van der Waals surface area contributed by atoms with E-state index >= 15 is 0 Å². The fourth-order valence-electron chi connectivity index (χ4n) is 3.54. The standard InChI is InChI=1S/C18H21FN5O2S/c1-3-24-9-13(19)17(22-24)27(26)23-18(25)21-16-10(2)15(11-7-8-11)20-14-6-4-5-12(14)16/h9,11H,3-8H2,1-2H3,(H,20,21,25)/q-1. The third-order valence-electron chi connectivity index (χ3n) is 5.04. The maximum atomic E-state index is 13.8. The van der Waals surface area contributed by atoms with Gasteiger partial charge < -0.3 is 13.9 Å². The van der Waals surface area contributed by atoms with Crippen molar-refractivity contribution in [1.29, 1.82) is 0 Å². The summed E-state index contributed by atoms with van der Waals surface area (Å²) in [6.07, 6.45) is 6.13. The third-order valence-corrected chi connectivity index (χ3v) is 5.98. The average Bonchev–Trinajstić information content (AvgIpc) is 3.24. The topological polar surface area (TPSA) is 89.2 Å². The van der Waals surface area contributed by atoms with Crippen molar-refractivity contribution in [3.8, 4) is 0 Å². The lowest BCUT2D eigenvalue weighted by molar-refractivity contribution is 0.260. The number of nitrogens with zero attached hydrogens (tertiary/aromatic N) is 4. The maximum absolute atomic E-state index is 13.8. The number of aromatic nitrogens is 3. The van der Waals surface area contributed by atoms with Crippen molar-refractivity contribution in [2.24, 2.45) is 4.36 Å². The van der Waals surface area contributed by atoms with E-state index < -0.39 is 22.4 Å². The van der Waals surface area contributed by atoms with Gasteiger partial charge in [-0.1, -0.05) is 0 Å². The Morgan fingerprint density at radius 1 is 1.44 bits per heavy atom. The van der Waals surface area contributed by atoms with E-state index in [1.54, 1.807) is 6.92 Å². The molecule has 2 amide bonds. The van der Waals surface area contributed by atoms with Gasteiger partial charge in [-0.05, 0) is 57.1 Å². The molecule has 0 aromatic carbocycles. The van der Waals surface area contributed by atoms with E-state index in [0.717, 1.165) is 66.5 Å². The highest BCUT2D eigenvalue weighted by atomic mass is 32.2. The van der Waals surface area contributed by atoms with Crippen molar-refractivity contribution in [3.63, 3.8) is 0 Å². The van der Waals surface area contributed by atoms with Crippen molar-refractivity contribution < 1.29 is 13.4 Å². The Hall–Kier alpha value is -2.29. The molecule has 0 unspecified atom stereocenters. The minimum Gasteiger partial charge on any atom is -0.438 e. The number of nitrogens with one attached hydrogen (secondary N) is 1. The number of carbonyl (C=O) groups is 1. The summed E-state index contributed by atoms with van der Waals surface area (Å²) in [5, 5.41) is 6.31. The second-order valence-electron chi connectivity index (χ2n) is 6.96. The fraction of sp³-hybridized carbons (Fsp3) is 0.500. The van der Waals surface area contributed by atoms with Crippen LogP contribution in [0.5, 0.6) is 0 Å². The predicted molar refractivity (Wildman–Crippen MR) is 98.6 cm³/mol. The number of anilines is 1. The first-order chi connectivity index (χ1) is 13.0. The molecule has 1 N–H and O–H groups in total. The number of hydrogen-bond donors (Lipinski definition) is 1. The van der Waals surface area contributed by atoms with E-state index in [1.807, 2.05) is 6.92 Å². The first-order valence-corrected chi connectivity index (χ1v) is 10.3. The summed E-state index contributed by atoms with van der Waals surface area (Å²) in [5.41, 5.74) is 4.79. The van der Waals surface area contributed by atoms with Crippen LogP contribution in [0.1, 0.15) is 54.6 Å². The van der Waals surface area contributed by atoms with E-state index in [1.165, 1.54) is 4.68 Å². The molecule has 0 aliphatic heterocycles. The van der Waals surface area contributed by atoms with Gasteiger partial charge in [0.05, 0.1) is 11.9 Å². The lowest BCUT2D eigenvalue weighted by Gasteiger charge is -2.16. The van der Waals surface area contributed by atoms with E-state index in [9.17, 15) is 13.4 Å². The van der Waals surface area contributed by atoms with E-state index in [4.69, 9.17) is 4.98 Å². The number of rotatable bonds is 4. The Morgan fingerprint density at radius 2 is 2.22 bits per heavy atom. The zero-order valence-electron chi connectivity index (χ0n) is 15.3. The third kappa shape index (κ3) is 3.47. The van der Waals surface area contributed by atoms with Crippen LogP contribution in [0, 0.1) is 12.7 Å². The summed E-state index contributed by atoms with van der Waals surface area (Å²) >= 11 is 0. The van der Waals surface area contributed by atoms with Gasteiger partial charge in [0.1, 0.15) is 5.82 Å². The molecule has 144 valence electrons.